The molecule has 8 nitrogen and oxygen atoms in total. The molecular weight excluding hydrogens is 364 g/mol. The third-order valence-corrected chi connectivity index (χ3v) is 4.81. The maximum absolute atomic E-state index is 12.6. The van der Waals surface area contributed by atoms with Gasteiger partial charge >= 0.3 is 0 Å². The lowest BCUT2D eigenvalue weighted by molar-refractivity contribution is -0.133. The van der Waals surface area contributed by atoms with Crippen LogP contribution in [0.1, 0.15) is 12.8 Å². The second kappa shape index (κ2) is 6.40. The van der Waals surface area contributed by atoms with E-state index in [1.807, 2.05) is 7.05 Å². The van der Waals surface area contributed by atoms with E-state index in [1.165, 1.54) is 15.6 Å². The van der Waals surface area contributed by atoms with Gasteiger partial charge in [0, 0.05) is 26.2 Å². The summed E-state index contributed by atoms with van der Waals surface area (Å²) >= 11 is 3.27. The van der Waals surface area contributed by atoms with Crippen molar-refractivity contribution < 1.29 is 4.79 Å². The van der Waals surface area contributed by atoms with Gasteiger partial charge in [-0.05, 0) is 35.8 Å². The lowest BCUT2D eigenvalue weighted by Gasteiger charge is -2.32. The van der Waals surface area contributed by atoms with Gasteiger partial charge < -0.3 is 10.2 Å². The van der Waals surface area contributed by atoms with E-state index in [9.17, 15) is 9.59 Å². The number of hydrogen-bond donors (Lipinski definition) is 1. The van der Waals surface area contributed by atoms with Crippen LogP contribution in [0.2, 0.25) is 0 Å². The van der Waals surface area contributed by atoms with Crippen molar-refractivity contribution in [2.45, 2.75) is 25.4 Å². The van der Waals surface area contributed by atoms with Crippen LogP contribution in [0.3, 0.4) is 0 Å². The number of halogens is 1. The third-order valence-electron chi connectivity index (χ3n) is 4.26. The second-order valence-corrected chi connectivity index (χ2v) is 6.51. The summed E-state index contributed by atoms with van der Waals surface area (Å²) in [6.45, 7) is 1.41. The molecule has 0 bridgehead atoms. The molecule has 0 aliphatic carbocycles. The fourth-order valence-corrected chi connectivity index (χ4v) is 3.52. The number of nitrogens with zero attached hydrogens (tertiary/aromatic N) is 5. The molecule has 9 heteroatoms. The number of rotatable bonds is 3. The monoisotopic (exact) mass is 382 g/mol. The smallest absolute Gasteiger partial charge is 0.266 e. The van der Waals surface area contributed by atoms with Crippen molar-refractivity contribution in [3.8, 4) is 0 Å². The molecule has 3 rings (SSSR count). The number of nitrogens with one attached hydrogen (secondary N) is 1. The SMILES string of the molecule is CN[C@@H]1CCCN(C(=O)Cn2cnc3c(c(Br)nn3C)c2=O)C1. The highest BCUT2D eigenvalue weighted by atomic mass is 79.9. The van der Waals surface area contributed by atoms with Crippen molar-refractivity contribution in [3.63, 3.8) is 0 Å². The first-order valence-electron chi connectivity index (χ1n) is 7.54. The van der Waals surface area contributed by atoms with Crippen molar-refractivity contribution in [2.75, 3.05) is 20.1 Å². The molecule has 0 spiro atoms. The van der Waals surface area contributed by atoms with Crippen LogP contribution in [0.25, 0.3) is 11.0 Å². The van der Waals surface area contributed by atoms with Crippen molar-refractivity contribution in [1.82, 2.24) is 29.5 Å². The highest BCUT2D eigenvalue weighted by Crippen LogP contribution is 2.17. The van der Waals surface area contributed by atoms with Crippen LogP contribution in [0, 0.1) is 0 Å². The molecule has 1 N–H and O–H groups in total. The van der Waals surface area contributed by atoms with Crippen LogP contribution in [0.4, 0.5) is 0 Å². The number of aryl methyl sites for hydroxylation is 1. The molecule has 0 unspecified atom stereocenters. The molecule has 0 aromatic carbocycles. The van der Waals surface area contributed by atoms with Gasteiger partial charge in [-0.1, -0.05) is 0 Å². The van der Waals surface area contributed by atoms with E-state index in [0.29, 0.717) is 28.2 Å². The van der Waals surface area contributed by atoms with E-state index in [0.717, 1.165) is 19.4 Å². The third kappa shape index (κ3) is 3.02. The molecule has 23 heavy (non-hydrogen) atoms. The molecule has 0 radical (unpaired) electrons. The normalized spacial score (nSPS) is 18.6. The van der Waals surface area contributed by atoms with Crippen LogP contribution in [-0.4, -0.2) is 56.3 Å². The fraction of sp³-hybridized carbons (Fsp3) is 0.571. The first kappa shape index (κ1) is 16.1. The van der Waals surface area contributed by atoms with Gasteiger partial charge in [-0.3, -0.25) is 14.2 Å². The maximum Gasteiger partial charge on any atom is 0.266 e. The Morgan fingerprint density at radius 1 is 1.52 bits per heavy atom. The van der Waals surface area contributed by atoms with Crippen LogP contribution >= 0.6 is 15.9 Å². The number of carbonyl (C=O) groups is 1. The Hall–Kier alpha value is -1.74. The summed E-state index contributed by atoms with van der Waals surface area (Å²) < 4.78 is 3.33. The number of carbonyl (C=O) groups excluding carboxylic acids is 1. The molecule has 2 aromatic rings. The van der Waals surface area contributed by atoms with Crippen LogP contribution < -0.4 is 10.9 Å². The molecule has 1 aliphatic rings. The lowest BCUT2D eigenvalue weighted by Crippen LogP contribution is -2.48. The molecule has 1 fully saturated rings. The van der Waals surface area contributed by atoms with E-state index in [1.54, 1.807) is 11.9 Å². The topological polar surface area (TPSA) is 85.1 Å². The molecule has 1 amide bonds. The number of fused-ring (bicyclic) bond motifs is 1. The summed E-state index contributed by atoms with van der Waals surface area (Å²) in [5.74, 6) is -0.0618. The van der Waals surface area contributed by atoms with E-state index in [-0.39, 0.29) is 18.0 Å². The quantitative estimate of drug-likeness (QED) is 0.813. The number of likely N-dealkylation sites (N-methyl/N-ethyl adjacent to an activating group) is 1. The average molecular weight is 383 g/mol. The molecule has 1 atom stereocenters. The zero-order chi connectivity index (χ0) is 16.6. The van der Waals surface area contributed by atoms with E-state index >= 15 is 0 Å². The Morgan fingerprint density at radius 3 is 3.04 bits per heavy atom. The summed E-state index contributed by atoms with van der Waals surface area (Å²) in [5.41, 5.74) is 0.240. The summed E-state index contributed by atoms with van der Waals surface area (Å²) in [7, 11) is 3.63. The van der Waals surface area contributed by atoms with Crippen molar-refractivity contribution in [3.05, 3.63) is 21.3 Å². The molecule has 3 heterocycles. The first-order chi connectivity index (χ1) is 11.0. The molecule has 2 aromatic heterocycles. The minimum atomic E-state index is -0.259. The number of amides is 1. The summed E-state index contributed by atoms with van der Waals surface area (Å²) in [6, 6.07) is 0.317. The Morgan fingerprint density at radius 2 is 2.30 bits per heavy atom. The zero-order valence-corrected chi connectivity index (χ0v) is 14.7. The Kier molecular flexibility index (Phi) is 4.49. The Labute approximate surface area is 141 Å². The van der Waals surface area contributed by atoms with E-state index < -0.39 is 0 Å². The predicted molar refractivity (Wildman–Crippen MR) is 89.1 cm³/mol. The number of piperidine rings is 1. The van der Waals surface area contributed by atoms with Gasteiger partial charge in [0.05, 0.1) is 0 Å². The van der Waals surface area contributed by atoms with Gasteiger partial charge in [-0.15, -0.1) is 0 Å². The average Bonchev–Trinajstić information content (AvgIpc) is 2.84. The van der Waals surface area contributed by atoms with Gasteiger partial charge in [-0.25, -0.2) is 9.67 Å². The van der Waals surface area contributed by atoms with Crippen LogP contribution in [0.5, 0.6) is 0 Å². The molecule has 124 valence electrons. The van der Waals surface area contributed by atoms with E-state index in [2.05, 4.69) is 31.3 Å². The summed E-state index contributed by atoms with van der Waals surface area (Å²) in [5, 5.41) is 7.74. The predicted octanol–water partition coefficient (Wildman–Crippen LogP) is 0.103. The highest BCUT2D eigenvalue weighted by Gasteiger charge is 2.23. The molecule has 0 saturated carbocycles. The molecule has 1 saturated heterocycles. The molecular formula is C14H19BrN6O2. The summed E-state index contributed by atoms with van der Waals surface area (Å²) in [4.78, 5) is 31.1. The standard InChI is InChI=1S/C14H19BrN6O2/c1-16-9-4-3-5-20(6-9)10(22)7-21-8-17-13-11(14(21)23)12(15)18-19(13)2/h8-9,16H,3-7H2,1-2H3/t9-/m1/s1. The minimum Gasteiger partial charge on any atom is -0.340 e. The maximum atomic E-state index is 12.6. The van der Waals surface area contributed by atoms with Crippen molar-refractivity contribution >= 4 is 32.9 Å². The zero-order valence-electron chi connectivity index (χ0n) is 13.1. The number of hydrogen-bond acceptors (Lipinski definition) is 5. The van der Waals surface area contributed by atoms with Gasteiger partial charge in [0.15, 0.2) is 5.65 Å². The second-order valence-electron chi connectivity index (χ2n) is 5.76. The summed E-state index contributed by atoms with van der Waals surface area (Å²) in [6.07, 6.45) is 3.45. The van der Waals surface area contributed by atoms with Gasteiger partial charge in [0.2, 0.25) is 5.91 Å². The van der Waals surface area contributed by atoms with Gasteiger partial charge in [0.1, 0.15) is 22.9 Å². The van der Waals surface area contributed by atoms with Crippen LogP contribution in [-0.2, 0) is 18.4 Å². The fourth-order valence-electron chi connectivity index (χ4n) is 2.93. The van der Waals surface area contributed by atoms with Gasteiger partial charge in [-0.2, -0.15) is 5.10 Å². The van der Waals surface area contributed by atoms with Gasteiger partial charge in [0.25, 0.3) is 5.56 Å². The highest BCUT2D eigenvalue weighted by molar-refractivity contribution is 9.10. The van der Waals surface area contributed by atoms with E-state index in [4.69, 9.17) is 0 Å². The largest absolute Gasteiger partial charge is 0.340 e. The van der Waals surface area contributed by atoms with Crippen molar-refractivity contribution in [1.29, 1.82) is 0 Å². The molecule has 1 aliphatic heterocycles. The van der Waals surface area contributed by atoms with Crippen LogP contribution in [0.15, 0.2) is 15.7 Å². The number of aromatic nitrogens is 4. The lowest BCUT2D eigenvalue weighted by atomic mass is 10.1. The minimum absolute atomic E-state index is 0.000454. The van der Waals surface area contributed by atoms with Crippen molar-refractivity contribution in [2.24, 2.45) is 7.05 Å². The first-order valence-corrected chi connectivity index (χ1v) is 8.33. The Bertz CT molecular complexity index is 798. The number of likely N-dealkylation sites (tertiary alicyclic amines) is 1. The Balaban J connectivity index is 1.84.